The van der Waals surface area contributed by atoms with Crippen LogP contribution < -0.4 is 10.6 Å². The number of aryl methyl sites for hydroxylation is 1. The number of piperazine rings is 1. The van der Waals surface area contributed by atoms with Crippen molar-refractivity contribution in [1.29, 1.82) is 0 Å². The highest BCUT2D eigenvalue weighted by Crippen LogP contribution is 2.21. The molecule has 1 aliphatic rings. The highest BCUT2D eigenvalue weighted by molar-refractivity contribution is 6.08. The monoisotopic (exact) mass is 413 g/mol. The number of carbonyl (C=O) groups excluding carboxylic acids is 1. The van der Waals surface area contributed by atoms with E-state index in [0.717, 1.165) is 26.2 Å². The Bertz CT molecular complexity index is 1020. The van der Waals surface area contributed by atoms with Crippen LogP contribution in [-0.2, 0) is 6.54 Å². The smallest absolute Gasteiger partial charge is 0.323 e. The second-order valence-electron chi connectivity index (χ2n) is 7.05. The van der Waals surface area contributed by atoms with Crippen molar-refractivity contribution in [3.63, 3.8) is 0 Å². The summed E-state index contributed by atoms with van der Waals surface area (Å²) < 4.78 is 0. The molecule has 0 saturated carbocycles. The molecule has 2 N–H and O–H groups in total. The molecule has 152 valence electrons. The number of benzene rings is 1. The Morgan fingerprint density at radius 1 is 1.03 bits per heavy atom. The molecule has 0 bridgehead atoms. The van der Waals surface area contributed by atoms with Crippen LogP contribution in [0.2, 0.25) is 0 Å². The number of para-hydroxylation sites is 1. The van der Waals surface area contributed by atoms with E-state index in [2.05, 4.69) is 55.9 Å². The van der Waals surface area contributed by atoms with Crippen molar-refractivity contribution >= 4 is 23.9 Å². The number of hydrogen-bond donors (Lipinski definition) is 2. The summed E-state index contributed by atoms with van der Waals surface area (Å²) in [6, 6.07) is 11.7. The van der Waals surface area contributed by atoms with E-state index in [-0.39, 0.29) is 23.9 Å². The van der Waals surface area contributed by atoms with Gasteiger partial charge in [-0.1, -0.05) is 18.2 Å². The Labute approximate surface area is 175 Å². The van der Waals surface area contributed by atoms with Crippen molar-refractivity contribution in [2.75, 3.05) is 31.1 Å². The Hall–Kier alpha value is -2.90. The van der Waals surface area contributed by atoms with Gasteiger partial charge < -0.3 is 14.9 Å². The molecule has 7 nitrogen and oxygen atoms in total. The first-order valence-corrected chi connectivity index (χ1v) is 9.40. The molecule has 1 saturated heterocycles. The average molecular weight is 414 g/mol. The summed E-state index contributed by atoms with van der Waals surface area (Å²) in [7, 11) is 0. The van der Waals surface area contributed by atoms with Gasteiger partial charge in [0.2, 0.25) is 5.78 Å². The number of aromatic amines is 2. The summed E-state index contributed by atoms with van der Waals surface area (Å²) in [5.74, 6) is -0.200. The molecule has 0 unspecified atom stereocenters. The van der Waals surface area contributed by atoms with Gasteiger partial charge in [0.25, 0.3) is 0 Å². The molecule has 29 heavy (non-hydrogen) atoms. The van der Waals surface area contributed by atoms with Crippen LogP contribution in [0.25, 0.3) is 0 Å². The average Bonchev–Trinajstić information content (AvgIpc) is 3.09. The fraction of sp³-hybridized carbons (Fsp3) is 0.286. The van der Waals surface area contributed by atoms with Gasteiger partial charge in [-0.25, -0.2) is 4.79 Å². The number of carbonyl (C=O) groups is 1. The summed E-state index contributed by atoms with van der Waals surface area (Å²) >= 11 is 0. The molecule has 3 heterocycles. The van der Waals surface area contributed by atoms with Crippen molar-refractivity contribution in [3.8, 4) is 0 Å². The first-order chi connectivity index (χ1) is 13.6. The molecule has 8 heteroatoms. The standard InChI is InChI=1S/C21H23N5O2.ClH/c1-15-4-2-3-5-18(15)26-12-10-25(11-13-26)14-17-19(24-21(28)23-17)20(27)16-6-8-22-9-7-16;/h2-9H,10-14H2,1H3,(H2,23,24,28);1H. The molecule has 4 rings (SSSR count). The minimum absolute atomic E-state index is 0. The van der Waals surface area contributed by atoms with Crippen LogP contribution in [0.4, 0.5) is 5.69 Å². The van der Waals surface area contributed by atoms with Crippen molar-refractivity contribution < 1.29 is 4.79 Å². The number of imidazole rings is 1. The highest BCUT2D eigenvalue weighted by atomic mass is 35.5. The number of nitrogens with one attached hydrogen (secondary N) is 2. The lowest BCUT2D eigenvalue weighted by Gasteiger charge is -2.36. The van der Waals surface area contributed by atoms with Crippen LogP contribution >= 0.6 is 12.4 Å². The predicted molar refractivity (Wildman–Crippen MR) is 115 cm³/mol. The summed E-state index contributed by atoms with van der Waals surface area (Å²) in [6.07, 6.45) is 3.14. The Morgan fingerprint density at radius 2 is 1.72 bits per heavy atom. The second kappa shape index (κ2) is 9.07. The first-order valence-electron chi connectivity index (χ1n) is 9.40. The quantitative estimate of drug-likeness (QED) is 0.627. The van der Waals surface area contributed by atoms with E-state index in [1.165, 1.54) is 11.3 Å². The third-order valence-electron chi connectivity index (χ3n) is 5.18. The molecule has 0 amide bonds. The van der Waals surface area contributed by atoms with Gasteiger partial charge in [0.05, 0.1) is 5.69 Å². The molecule has 1 aliphatic heterocycles. The summed E-state index contributed by atoms with van der Waals surface area (Å²) in [4.78, 5) is 38.6. The fourth-order valence-corrected chi connectivity index (χ4v) is 3.67. The molecule has 2 aromatic heterocycles. The lowest BCUT2D eigenvalue weighted by atomic mass is 10.1. The topological polar surface area (TPSA) is 85.1 Å². The van der Waals surface area contributed by atoms with Gasteiger partial charge in [-0.2, -0.15) is 0 Å². The number of pyridine rings is 1. The third kappa shape index (κ3) is 4.58. The molecular formula is C21H24ClN5O2. The number of H-pyrrole nitrogens is 2. The SMILES string of the molecule is Cc1ccccc1N1CCN(Cc2[nH]c(=O)[nH]c2C(=O)c2ccncc2)CC1.Cl. The number of nitrogens with zero attached hydrogens (tertiary/aromatic N) is 3. The Kier molecular flexibility index (Phi) is 6.51. The van der Waals surface area contributed by atoms with Gasteiger partial charge in [0, 0.05) is 56.4 Å². The van der Waals surface area contributed by atoms with E-state index < -0.39 is 0 Å². The van der Waals surface area contributed by atoms with Crippen LogP contribution in [0.15, 0.2) is 53.6 Å². The van der Waals surface area contributed by atoms with E-state index in [9.17, 15) is 9.59 Å². The lowest BCUT2D eigenvalue weighted by molar-refractivity contribution is 0.103. The lowest BCUT2D eigenvalue weighted by Crippen LogP contribution is -2.46. The second-order valence-corrected chi connectivity index (χ2v) is 7.05. The number of rotatable bonds is 5. The molecule has 1 fully saturated rings. The molecule has 1 aromatic carbocycles. The maximum absolute atomic E-state index is 12.8. The van der Waals surface area contributed by atoms with E-state index in [1.54, 1.807) is 24.5 Å². The highest BCUT2D eigenvalue weighted by Gasteiger charge is 2.22. The largest absolute Gasteiger partial charge is 0.369 e. The summed E-state index contributed by atoms with van der Waals surface area (Å²) in [6.45, 7) is 6.21. The Morgan fingerprint density at radius 3 is 2.41 bits per heavy atom. The van der Waals surface area contributed by atoms with Crippen molar-refractivity contribution in [2.45, 2.75) is 13.5 Å². The molecule has 3 aromatic rings. The number of halogens is 1. The number of aromatic nitrogens is 3. The van der Waals surface area contributed by atoms with E-state index in [4.69, 9.17) is 0 Å². The van der Waals surface area contributed by atoms with Gasteiger partial charge >= 0.3 is 5.69 Å². The molecular weight excluding hydrogens is 390 g/mol. The predicted octanol–water partition coefficient (Wildman–Crippen LogP) is 2.38. The van der Waals surface area contributed by atoms with Gasteiger partial charge in [0.15, 0.2) is 0 Å². The number of anilines is 1. The van der Waals surface area contributed by atoms with Gasteiger partial charge in [-0.05, 0) is 30.7 Å². The van der Waals surface area contributed by atoms with Gasteiger partial charge in [-0.3, -0.25) is 14.7 Å². The fourth-order valence-electron chi connectivity index (χ4n) is 3.67. The minimum atomic E-state index is -0.356. The van der Waals surface area contributed by atoms with E-state index in [1.807, 2.05) is 0 Å². The number of hydrogen-bond acceptors (Lipinski definition) is 5. The van der Waals surface area contributed by atoms with Crippen molar-refractivity contribution in [1.82, 2.24) is 19.9 Å². The van der Waals surface area contributed by atoms with E-state index >= 15 is 0 Å². The number of ketones is 1. The zero-order valence-electron chi connectivity index (χ0n) is 16.2. The van der Waals surface area contributed by atoms with Gasteiger partial charge in [-0.15, -0.1) is 12.4 Å². The zero-order chi connectivity index (χ0) is 19.5. The summed E-state index contributed by atoms with van der Waals surface area (Å²) in [5, 5.41) is 0. The van der Waals surface area contributed by atoms with E-state index in [0.29, 0.717) is 23.5 Å². The zero-order valence-corrected chi connectivity index (χ0v) is 17.0. The van der Waals surface area contributed by atoms with Crippen molar-refractivity contribution in [2.24, 2.45) is 0 Å². The molecule has 0 aliphatic carbocycles. The normalized spacial score (nSPS) is 14.4. The minimum Gasteiger partial charge on any atom is -0.369 e. The van der Waals surface area contributed by atoms with Crippen LogP contribution in [0.5, 0.6) is 0 Å². The van der Waals surface area contributed by atoms with Crippen LogP contribution in [-0.4, -0.2) is 51.8 Å². The first kappa shape index (κ1) is 20.8. The maximum Gasteiger partial charge on any atom is 0.323 e. The summed E-state index contributed by atoms with van der Waals surface area (Å²) in [5.41, 5.74) is 3.66. The van der Waals surface area contributed by atoms with Gasteiger partial charge in [0.1, 0.15) is 5.69 Å². The maximum atomic E-state index is 12.8. The molecule has 0 atom stereocenters. The van der Waals surface area contributed by atoms with Crippen LogP contribution in [0.3, 0.4) is 0 Å². The third-order valence-corrected chi connectivity index (χ3v) is 5.18. The van der Waals surface area contributed by atoms with Crippen LogP contribution in [0, 0.1) is 6.92 Å². The molecule has 0 radical (unpaired) electrons. The molecule has 0 spiro atoms. The van der Waals surface area contributed by atoms with Crippen LogP contribution in [0.1, 0.15) is 27.3 Å². The van der Waals surface area contributed by atoms with Crippen molar-refractivity contribution in [3.05, 3.63) is 81.8 Å². The Balaban J connectivity index is 0.00000240.